The first-order chi connectivity index (χ1) is 9.34. The number of hydrogen-bond acceptors (Lipinski definition) is 4. The van der Waals surface area contributed by atoms with Crippen LogP contribution in [0.25, 0.3) is 0 Å². The second kappa shape index (κ2) is 5.96. The molecule has 3 rings (SSSR count). The first kappa shape index (κ1) is 13.0. The number of amides is 1. The van der Waals surface area contributed by atoms with Crippen molar-refractivity contribution in [1.29, 1.82) is 0 Å². The molecule has 3 heterocycles. The number of thioether (sulfide) groups is 1. The number of carbonyl (C=O) groups is 1. The van der Waals surface area contributed by atoms with E-state index < -0.39 is 0 Å². The largest absolute Gasteiger partial charge is 0.376 e. The maximum Gasteiger partial charge on any atom is 0.272 e. The molecule has 0 bridgehead atoms. The van der Waals surface area contributed by atoms with Crippen LogP contribution >= 0.6 is 11.8 Å². The van der Waals surface area contributed by atoms with Crippen LogP contribution in [0, 0.1) is 0 Å². The van der Waals surface area contributed by atoms with Gasteiger partial charge in [-0.3, -0.25) is 9.89 Å². The minimum absolute atomic E-state index is 0.0560. The predicted octanol–water partition coefficient (Wildman–Crippen LogP) is 1.54. The first-order valence-corrected chi connectivity index (χ1v) is 8.00. The van der Waals surface area contributed by atoms with Crippen LogP contribution in [0.15, 0.2) is 12.3 Å². The normalized spacial score (nSPS) is 26.7. The standard InChI is InChI=1S/C13H19N3O2S/c17-13(12-3-5-14-15-12)16(10-4-7-19-9-10)8-11-2-1-6-18-11/h3,5,10-11H,1-2,4,6-9H2,(H,14,15)/t10-,11+/m1/s1. The fraction of sp³-hybridized carbons (Fsp3) is 0.692. The summed E-state index contributed by atoms with van der Waals surface area (Å²) in [5.74, 6) is 2.23. The Morgan fingerprint density at radius 2 is 2.53 bits per heavy atom. The average Bonchev–Trinajstić information content (AvgIpc) is 3.15. The van der Waals surface area contributed by atoms with E-state index in [1.54, 1.807) is 12.3 Å². The van der Waals surface area contributed by atoms with Gasteiger partial charge in [-0.2, -0.15) is 16.9 Å². The molecule has 0 unspecified atom stereocenters. The second-order valence-electron chi connectivity index (χ2n) is 5.08. The third-order valence-corrected chi connectivity index (χ3v) is 4.91. The number of aromatic amines is 1. The van der Waals surface area contributed by atoms with Crippen molar-refractivity contribution in [2.75, 3.05) is 24.7 Å². The Morgan fingerprint density at radius 3 is 3.16 bits per heavy atom. The lowest BCUT2D eigenvalue weighted by atomic mass is 10.1. The van der Waals surface area contributed by atoms with Gasteiger partial charge < -0.3 is 9.64 Å². The van der Waals surface area contributed by atoms with E-state index in [1.807, 2.05) is 16.7 Å². The summed E-state index contributed by atoms with van der Waals surface area (Å²) in [6, 6.07) is 2.08. The number of carbonyl (C=O) groups excluding carboxylic acids is 1. The van der Waals surface area contributed by atoms with E-state index in [2.05, 4.69) is 10.2 Å². The zero-order chi connectivity index (χ0) is 13.1. The third-order valence-electron chi connectivity index (χ3n) is 3.76. The van der Waals surface area contributed by atoms with E-state index in [-0.39, 0.29) is 12.0 Å². The van der Waals surface area contributed by atoms with Gasteiger partial charge >= 0.3 is 0 Å². The fourth-order valence-electron chi connectivity index (χ4n) is 2.70. The van der Waals surface area contributed by atoms with Crippen LogP contribution in [0.3, 0.4) is 0 Å². The molecule has 1 amide bonds. The van der Waals surface area contributed by atoms with Crippen LogP contribution in [-0.4, -0.2) is 57.8 Å². The van der Waals surface area contributed by atoms with Gasteiger partial charge in [0.2, 0.25) is 0 Å². The molecule has 1 N–H and O–H groups in total. The summed E-state index contributed by atoms with van der Waals surface area (Å²) in [5, 5.41) is 6.65. The summed E-state index contributed by atoms with van der Waals surface area (Å²) >= 11 is 1.92. The van der Waals surface area contributed by atoms with E-state index in [1.165, 1.54) is 0 Å². The molecular formula is C13H19N3O2S. The Bertz CT molecular complexity index is 412. The summed E-state index contributed by atoms with van der Waals surface area (Å²) in [5.41, 5.74) is 0.579. The molecule has 2 saturated heterocycles. The van der Waals surface area contributed by atoms with Gasteiger partial charge in [-0.25, -0.2) is 0 Å². The quantitative estimate of drug-likeness (QED) is 0.909. The van der Waals surface area contributed by atoms with Gasteiger partial charge in [-0.1, -0.05) is 0 Å². The summed E-state index contributed by atoms with van der Waals surface area (Å²) in [4.78, 5) is 14.6. The summed E-state index contributed by atoms with van der Waals surface area (Å²) in [6.07, 6.45) is 5.08. The molecule has 1 aromatic heterocycles. The van der Waals surface area contributed by atoms with Crippen molar-refractivity contribution in [2.24, 2.45) is 0 Å². The van der Waals surface area contributed by atoms with Crippen molar-refractivity contribution in [3.8, 4) is 0 Å². The van der Waals surface area contributed by atoms with Crippen molar-refractivity contribution in [3.63, 3.8) is 0 Å². The van der Waals surface area contributed by atoms with Gasteiger partial charge in [0.25, 0.3) is 5.91 Å². The number of rotatable bonds is 4. The molecule has 0 saturated carbocycles. The number of nitrogens with one attached hydrogen (secondary N) is 1. The lowest BCUT2D eigenvalue weighted by molar-refractivity contribution is 0.0437. The molecule has 0 spiro atoms. The Hall–Kier alpha value is -1.01. The van der Waals surface area contributed by atoms with E-state index in [4.69, 9.17) is 4.74 Å². The van der Waals surface area contributed by atoms with E-state index in [0.29, 0.717) is 18.3 Å². The SMILES string of the molecule is O=C(c1ccn[nH]1)N(C[C@@H]1CCCO1)[C@@H]1CCSC1. The molecule has 2 aliphatic heterocycles. The molecular weight excluding hydrogens is 262 g/mol. The first-order valence-electron chi connectivity index (χ1n) is 6.84. The molecule has 19 heavy (non-hydrogen) atoms. The summed E-state index contributed by atoms with van der Waals surface area (Å²) in [7, 11) is 0. The van der Waals surface area contributed by atoms with Crippen LogP contribution in [0.2, 0.25) is 0 Å². The highest BCUT2D eigenvalue weighted by molar-refractivity contribution is 7.99. The smallest absolute Gasteiger partial charge is 0.272 e. The van der Waals surface area contributed by atoms with Crippen molar-refractivity contribution in [1.82, 2.24) is 15.1 Å². The van der Waals surface area contributed by atoms with Crippen LogP contribution in [0.5, 0.6) is 0 Å². The van der Waals surface area contributed by atoms with E-state index in [9.17, 15) is 4.79 Å². The number of aromatic nitrogens is 2. The number of H-pyrrole nitrogens is 1. The molecule has 0 aromatic carbocycles. The molecule has 2 aliphatic rings. The monoisotopic (exact) mass is 281 g/mol. The lowest BCUT2D eigenvalue weighted by Crippen LogP contribution is -2.44. The number of hydrogen-bond donors (Lipinski definition) is 1. The molecule has 5 nitrogen and oxygen atoms in total. The zero-order valence-electron chi connectivity index (χ0n) is 10.9. The van der Waals surface area contributed by atoms with Crippen LogP contribution in [0.4, 0.5) is 0 Å². The van der Waals surface area contributed by atoms with Gasteiger partial charge in [0, 0.05) is 31.1 Å². The van der Waals surface area contributed by atoms with Crippen LogP contribution in [0.1, 0.15) is 29.8 Å². The van der Waals surface area contributed by atoms with Crippen LogP contribution < -0.4 is 0 Å². The summed E-state index contributed by atoms with van der Waals surface area (Å²) < 4.78 is 5.68. The second-order valence-corrected chi connectivity index (χ2v) is 6.23. The van der Waals surface area contributed by atoms with E-state index >= 15 is 0 Å². The minimum Gasteiger partial charge on any atom is -0.376 e. The predicted molar refractivity (Wildman–Crippen MR) is 74.3 cm³/mol. The van der Waals surface area contributed by atoms with Gasteiger partial charge in [0.1, 0.15) is 5.69 Å². The fourth-order valence-corrected chi connectivity index (χ4v) is 3.93. The Balaban J connectivity index is 1.72. The molecule has 2 fully saturated rings. The molecule has 6 heteroatoms. The van der Waals surface area contributed by atoms with Gasteiger partial charge in [0.15, 0.2) is 0 Å². The Kier molecular flexibility index (Phi) is 4.08. The molecule has 0 radical (unpaired) electrons. The molecule has 0 aliphatic carbocycles. The maximum absolute atomic E-state index is 12.6. The average molecular weight is 281 g/mol. The Morgan fingerprint density at radius 1 is 1.58 bits per heavy atom. The highest BCUT2D eigenvalue weighted by Crippen LogP contribution is 2.25. The van der Waals surface area contributed by atoms with Gasteiger partial charge in [-0.05, 0) is 31.1 Å². The molecule has 1 aromatic rings. The van der Waals surface area contributed by atoms with Crippen molar-refractivity contribution in [3.05, 3.63) is 18.0 Å². The van der Waals surface area contributed by atoms with Gasteiger partial charge in [-0.15, -0.1) is 0 Å². The summed E-state index contributed by atoms with van der Waals surface area (Å²) in [6.45, 7) is 1.54. The number of ether oxygens (including phenoxy) is 1. The minimum atomic E-state index is 0.0560. The Labute approximate surface area is 117 Å². The zero-order valence-corrected chi connectivity index (χ0v) is 11.7. The van der Waals surface area contributed by atoms with Crippen molar-refractivity contribution >= 4 is 17.7 Å². The van der Waals surface area contributed by atoms with Crippen molar-refractivity contribution < 1.29 is 9.53 Å². The molecule has 104 valence electrons. The van der Waals surface area contributed by atoms with E-state index in [0.717, 1.165) is 37.4 Å². The maximum atomic E-state index is 12.6. The van der Waals surface area contributed by atoms with Crippen LogP contribution in [-0.2, 0) is 4.74 Å². The topological polar surface area (TPSA) is 58.2 Å². The third kappa shape index (κ3) is 2.95. The van der Waals surface area contributed by atoms with Gasteiger partial charge in [0.05, 0.1) is 6.10 Å². The molecule has 2 atom stereocenters. The lowest BCUT2D eigenvalue weighted by Gasteiger charge is -2.30. The highest BCUT2D eigenvalue weighted by atomic mass is 32.2. The highest BCUT2D eigenvalue weighted by Gasteiger charge is 2.31. The number of nitrogens with zero attached hydrogens (tertiary/aromatic N) is 2. The van der Waals surface area contributed by atoms with Crippen molar-refractivity contribution in [2.45, 2.75) is 31.4 Å².